The van der Waals surface area contributed by atoms with Crippen molar-refractivity contribution in [3.63, 3.8) is 0 Å². The molecule has 26 heavy (non-hydrogen) atoms. The zero-order chi connectivity index (χ0) is 18.3. The molecule has 1 amide bonds. The predicted octanol–water partition coefficient (Wildman–Crippen LogP) is 1.47. The van der Waals surface area contributed by atoms with Crippen LogP contribution in [-0.4, -0.2) is 54.5 Å². The summed E-state index contributed by atoms with van der Waals surface area (Å²) in [7, 11) is -3.36. The molecule has 0 unspecified atom stereocenters. The molecule has 140 valence electrons. The smallest absolute Gasteiger partial charge is 0.237 e. The van der Waals surface area contributed by atoms with Crippen LogP contribution in [0.15, 0.2) is 24.4 Å². The highest BCUT2D eigenvalue weighted by atomic mass is 32.2. The Morgan fingerprint density at radius 2 is 2.08 bits per heavy atom. The summed E-state index contributed by atoms with van der Waals surface area (Å²) in [5, 5.41) is 0. The average Bonchev–Trinajstić information content (AvgIpc) is 3.16. The molecule has 1 saturated carbocycles. The molecule has 1 N–H and O–H groups in total. The van der Waals surface area contributed by atoms with Gasteiger partial charge in [0.15, 0.2) is 0 Å². The largest absolute Gasteiger partial charge is 0.341 e. The van der Waals surface area contributed by atoms with Gasteiger partial charge in [-0.1, -0.05) is 12.5 Å². The summed E-state index contributed by atoms with van der Waals surface area (Å²) in [4.78, 5) is 19.0. The fourth-order valence-corrected chi connectivity index (χ4v) is 4.24. The number of pyridine rings is 1. The fourth-order valence-electron chi connectivity index (χ4n) is 3.86. The second kappa shape index (κ2) is 6.66. The van der Waals surface area contributed by atoms with E-state index >= 15 is 0 Å². The monoisotopic (exact) mass is 376 g/mol. The molecule has 1 aliphatic carbocycles. The molecule has 1 aliphatic heterocycles. The average molecular weight is 376 g/mol. The van der Waals surface area contributed by atoms with E-state index in [1.54, 1.807) is 4.90 Å². The van der Waals surface area contributed by atoms with Crippen molar-refractivity contribution in [3.8, 4) is 0 Å². The zero-order valence-electron chi connectivity index (χ0n) is 14.9. The SMILES string of the molecule is CS(=O)(=O)NCC(=O)N1CC[C@H](c2nc(C3CCC3)n3ccccc23)C1. The minimum atomic E-state index is -3.36. The van der Waals surface area contributed by atoms with Gasteiger partial charge in [0.1, 0.15) is 5.82 Å². The van der Waals surface area contributed by atoms with Gasteiger partial charge in [-0.25, -0.2) is 18.1 Å². The van der Waals surface area contributed by atoms with Crippen molar-refractivity contribution >= 4 is 21.4 Å². The molecule has 2 aliphatic rings. The molecule has 4 rings (SSSR count). The molecule has 0 spiro atoms. The van der Waals surface area contributed by atoms with Gasteiger partial charge >= 0.3 is 0 Å². The highest BCUT2D eigenvalue weighted by Crippen LogP contribution is 2.38. The van der Waals surface area contributed by atoms with Gasteiger partial charge in [-0.2, -0.15) is 0 Å². The van der Waals surface area contributed by atoms with Crippen LogP contribution < -0.4 is 4.72 Å². The number of carbonyl (C=O) groups is 1. The van der Waals surface area contributed by atoms with Crippen molar-refractivity contribution < 1.29 is 13.2 Å². The standard InChI is InChI=1S/C18H24N4O3S/c1-26(24,25)19-11-16(23)21-10-8-14(12-21)17-15-7-2-3-9-22(15)18(20-17)13-5-4-6-13/h2-3,7,9,13-14,19H,4-6,8,10-12H2,1H3/t14-/m0/s1. The summed E-state index contributed by atoms with van der Waals surface area (Å²) in [6.07, 6.45) is 7.65. The summed E-state index contributed by atoms with van der Waals surface area (Å²) in [6.45, 7) is 1.05. The molecule has 2 aromatic heterocycles. The number of fused-ring (bicyclic) bond motifs is 1. The number of amides is 1. The molecule has 7 nitrogen and oxygen atoms in total. The number of carbonyl (C=O) groups excluding carboxylic acids is 1. The predicted molar refractivity (Wildman–Crippen MR) is 98.6 cm³/mol. The molecule has 2 fully saturated rings. The van der Waals surface area contributed by atoms with Gasteiger partial charge in [0, 0.05) is 31.1 Å². The minimum Gasteiger partial charge on any atom is -0.341 e. The van der Waals surface area contributed by atoms with E-state index in [9.17, 15) is 13.2 Å². The third-order valence-corrected chi connectivity index (χ3v) is 6.16. The van der Waals surface area contributed by atoms with E-state index in [4.69, 9.17) is 4.98 Å². The second-order valence-electron chi connectivity index (χ2n) is 7.36. The van der Waals surface area contributed by atoms with Crippen LogP contribution in [0.3, 0.4) is 0 Å². The molecular formula is C18H24N4O3S. The van der Waals surface area contributed by atoms with E-state index in [1.165, 1.54) is 19.3 Å². The number of hydrogen-bond acceptors (Lipinski definition) is 4. The van der Waals surface area contributed by atoms with Crippen LogP contribution in [-0.2, 0) is 14.8 Å². The first kappa shape index (κ1) is 17.5. The van der Waals surface area contributed by atoms with Crippen molar-refractivity contribution in [2.24, 2.45) is 0 Å². The summed E-state index contributed by atoms with van der Waals surface area (Å²) in [5.41, 5.74) is 2.20. The number of rotatable bonds is 5. The first-order valence-electron chi connectivity index (χ1n) is 9.11. The van der Waals surface area contributed by atoms with E-state index < -0.39 is 10.0 Å². The number of aromatic nitrogens is 2. The first-order valence-corrected chi connectivity index (χ1v) is 11.0. The topological polar surface area (TPSA) is 83.8 Å². The lowest BCUT2D eigenvalue weighted by Crippen LogP contribution is -2.38. The van der Waals surface area contributed by atoms with Gasteiger partial charge in [0.05, 0.1) is 24.0 Å². The van der Waals surface area contributed by atoms with E-state index in [0.29, 0.717) is 19.0 Å². The van der Waals surface area contributed by atoms with E-state index in [1.807, 2.05) is 12.1 Å². The number of hydrogen-bond donors (Lipinski definition) is 1. The number of nitrogens with zero attached hydrogens (tertiary/aromatic N) is 3. The van der Waals surface area contributed by atoms with Gasteiger partial charge in [-0.05, 0) is 31.4 Å². The van der Waals surface area contributed by atoms with Gasteiger partial charge in [-0.15, -0.1) is 0 Å². The van der Waals surface area contributed by atoms with E-state index in [0.717, 1.165) is 29.7 Å². The lowest BCUT2D eigenvalue weighted by atomic mass is 9.85. The Morgan fingerprint density at radius 1 is 1.27 bits per heavy atom. The Kier molecular flexibility index (Phi) is 4.48. The summed E-state index contributed by atoms with van der Waals surface area (Å²) in [6, 6.07) is 6.15. The maximum Gasteiger partial charge on any atom is 0.237 e. The van der Waals surface area contributed by atoms with Crippen LogP contribution in [0.4, 0.5) is 0 Å². The van der Waals surface area contributed by atoms with Crippen LogP contribution in [0, 0.1) is 0 Å². The van der Waals surface area contributed by atoms with Crippen LogP contribution in [0.2, 0.25) is 0 Å². The Labute approximate surface area is 153 Å². The highest BCUT2D eigenvalue weighted by molar-refractivity contribution is 7.88. The highest BCUT2D eigenvalue weighted by Gasteiger charge is 2.32. The van der Waals surface area contributed by atoms with E-state index in [-0.39, 0.29) is 18.4 Å². The second-order valence-corrected chi connectivity index (χ2v) is 9.19. The molecule has 1 atom stereocenters. The van der Waals surface area contributed by atoms with Crippen LogP contribution in [0.1, 0.15) is 49.0 Å². The summed E-state index contributed by atoms with van der Waals surface area (Å²) in [5.74, 6) is 1.70. The molecule has 0 aromatic carbocycles. The third kappa shape index (κ3) is 3.35. The fraction of sp³-hybridized carbons (Fsp3) is 0.556. The summed E-state index contributed by atoms with van der Waals surface area (Å²) >= 11 is 0. The van der Waals surface area contributed by atoms with Crippen molar-refractivity contribution in [1.29, 1.82) is 0 Å². The molecule has 0 bridgehead atoms. The molecule has 3 heterocycles. The lowest BCUT2D eigenvalue weighted by Gasteiger charge is -2.23. The third-order valence-electron chi connectivity index (χ3n) is 5.49. The Balaban J connectivity index is 1.53. The Morgan fingerprint density at radius 3 is 2.77 bits per heavy atom. The number of likely N-dealkylation sites (tertiary alicyclic amines) is 1. The molecule has 1 saturated heterocycles. The normalized spacial score (nSPS) is 21.3. The Bertz CT molecular complexity index is 933. The van der Waals surface area contributed by atoms with Crippen molar-refractivity contribution in [2.75, 3.05) is 25.9 Å². The molecule has 8 heteroatoms. The van der Waals surface area contributed by atoms with Crippen molar-refractivity contribution in [1.82, 2.24) is 19.0 Å². The number of sulfonamides is 1. The van der Waals surface area contributed by atoms with Crippen molar-refractivity contribution in [2.45, 2.75) is 37.5 Å². The van der Waals surface area contributed by atoms with Gasteiger partial charge < -0.3 is 9.30 Å². The Hall–Kier alpha value is -1.93. The van der Waals surface area contributed by atoms with Crippen molar-refractivity contribution in [3.05, 3.63) is 35.9 Å². The lowest BCUT2D eigenvalue weighted by molar-refractivity contribution is -0.128. The number of imidazole rings is 1. The van der Waals surface area contributed by atoms with Crippen LogP contribution in [0.5, 0.6) is 0 Å². The summed E-state index contributed by atoms with van der Waals surface area (Å²) < 4.78 is 26.9. The molecule has 0 radical (unpaired) electrons. The molecule has 2 aromatic rings. The maximum atomic E-state index is 12.3. The van der Waals surface area contributed by atoms with Crippen LogP contribution >= 0.6 is 0 Å². The molecular weight excluding hydrogens is 352 g/mol. The van der Waals surface area contributed by atoms with Crippen LogP contribution in [0.25, 0.3) is 5.52 Å². The quantitative estimate of drug-likeness (QED) is 0.856. The van der Waals surface area contributed by atoms with Gasteiger partial charge in [0.2, 0.25) is 15.9 Å². The first-order chi connectivity index (χ1) is 12.4. The van der Waals surface area contributed by atoms with Gasteiger partial charge in [0.25, 0.3) is 0 Å². The zero-order valence-corrected chi connectivity index (χ0v) is 15.7. The number of nitrogens with one attached hydrogen (secondary N) is 1. The maximum absolute atomic E-state index is 12.3. The van der Waals surface area contributed by atoms with Gasteiger partial charge in [-0.3, -0.25) is 4.79 Å². The van der Waals surface area contributed by atoms with E-state index in [2.05, 4.69) is 21.4 Å². The minimum absolute atomic E-state index is 0.178.